The summed E-state index contributed by atoms with van der Waals surface area (Å²) in [7, 11) is 0. The van der Waals surface area contributed by atoms with Gasteiger partial charge in [0.1, 0.15) is 5.60 Å². The first kappa shape index (κ1) is 15.9. The molecule has 3 rings (SSSR count). The fourth-order valence-electron chi connectivity index (χ4n) is 2.93. The first-order chi connectivity index (χ1) is 10.7. The van der Waals surface area contributed by atoms with Gasteiger partial charge in [-0.2, -0.15) is 8.78 Å². The number of hydrogen-bond donors (Lipinski definition) is 3. The lowest BCUT2D eigenvalue weighted by atomic mass is 9.75. The van der Waals surface area contributed by atoms with E-state index in [0.29, 0.717) is 17.7 Å². The number of nitrogens with one attached hydrogen (secondary N) is 2. The van der Waals surface area contributed by atoms with Gasteiger partial charge in [-0.05, 0) is 43.4 Å². The maximum absolute atomic E-state index is 14.1. The third-order valence-electron chi connectivity index (χ3n) is 4.65. The molecular weight excluding hydrogens is 306 g/mol. The lowest BCUT2D eigenvalue weighted by molar-refractivity contribution is -0.216. The van der Waals surface area contributed by atoms with E-state index in [2.05, 4.69) is 10.6 Å². The average Bonchev–Trinajstić information content (AvgIpc) is 2.83. The second kappa shape index (κ2) is 5.26. The van der Waals surface area contributed by atoms with Gasteiger partial charge in [0.15, 0.2) is 0 Å². The number of aliphatic hydroxyl groups is 1. The Morgan fingerprint density at radius 1 is 1.43 bits per heavy atom. The van der Waals surface area contributed by atoms with E-state index < -0.39 is 23.5 Å². The van der Waals surface area contributed by atoms with Gasteiger partial charge < -0.3 is 15.7 Å². The molecule has 1 atom stereocenters. The molecule has 124 valence electrons. The summed E-state index contributed by atoms with van der Waals surface area (Å²) in [4.78, 5) is 23.2. The minimum atomic E-state index is -3.81. The molecule has 1 aromatic carbocycles. The normalized spacial score (nSPS) is 20.3. The zero-order valence-electron chi connectivity index (χ0n) is 12.7. The van der Waals surface area contributed by atoms with Crippen molar-refractivity contribution in [2.75, 3.05) is 5.32 Å². The Morgan fingerprint density at radius 2 is 2.13 bits per heavy atom. The van der Waals surface area contributed by atoms with Crippen LogP contribution in [-0.4, -0.2) is 28.4 Å². The Labute approximate surface area is 132 Å². The number of fused-ring (bicyclic) bond motifs is 1. The molecule has 7 heteroatoms. The number of carbonyl (C=O) groups is 2. The molecule has 2 aliphatic rings. The maximum atomic E-state index is 14.1. The highest BCUT2D eigenvalue weighted by atomic mass is 19.3. The van der Waals surface area contributed by atoms with E-state index in [9.17, 15) is 23.5 Å². The SMILES string of the molecule is CC(NC(=O)C(F)(F)C1(O)CCC1)c1ccc2c(c1)CC(=O)N2. The molecule has 0 spiro atoms. The number of hydrogen-bond acceptors (Lipinski definition) is 3. The number of benzene rings is 1. The van der Waals surface area contributed by atoms with E-state index in [1.54, 1.807) is 25.1 Å². The number of alkyl halides is 2. The monoisotopic (exact) mass is 324 g/mol. The van der Waals surface area contributed by atoms with Crippen molar-refractivity contribution in [3.05, 3.63) is 29.3 Å². The fourth-order valence-corrected chi connectivity index (χ4v) is 2.93. The van der Waals surface area contributed by atoms with Crippen molar-refractivity contribution in [1.29, 1.82) is 0 Å². The first-order valence-electron chi connectivity index (χ1n) is 7.57. The number of rotatable bonds is 4. The maximum Gasteiger partial charge on any atom is 0.352 e. The van der Waals surface area contributed by atoms with Crippen LogP contribution in [0.1, 0.15) is 43.4 Å². The molecule has 1 aliphatic carbocycles. The summed E-state index contributed by atoms with van der Waals surface area (Å²) < 4.78 is 28.2. The highest BCUT2D eigenvalue weighted by Gasteiger charge is 2.61. The van der Waals surface area contributed by atoms with Crippen LogP contribution in [0.2, 0.25) is 0 Å². The van der Waals surface area contributed by atoms with Crippen LogP contribution >= 0.6 is 0 Å². The van der Waals surface area contributed by atoms with Crippen molar-refractivity contribution in [3.63, 3.8) is 0 Å². The third-order valence-corrected chi connectivity index (χ3v) is 4.65. The lowest BCUT2D eigenvalue weighted by Gasteiger charge is -2.41. The Balaban J connectivity index is 1.72. The molecule has 1 aliphatic heterocycles. The number of anilines is 1. The first-order valence-corrected chi connectivity index (χ1v) is 7.57. The molecule has 1 saturated carbocycles. The van der Waals surface area contributed by atoms with E-state index in [0.717, 1.165) is 5.56 Å². The van der Waals surface area contributed by atoms with Crippen molar-refractivity contribution < 1.29 is 23.5 Å². The topological polar surface area (TPSA) is 78.4 Å². The van der Waals surface area contributed by atoms with Crippen LogP contribution in [0, 0.1) is 0 Å². The second-order valence-corrected chi connectivity index (χ2v) is 6.30. The van der Waals surface area contributed by atoms with E-state index in [1.807, 2.05) is 0 Å². The minimum absolute atomic E-state index is 0.0750. The molecule has 1 aromatic rings. The van der Waals surface area contributed by atoms with Crippen molar-refractivity contribution >= 4 is 17.5 Å². The van der Waals surface area contributed by atoms with Crippen LogP contribution in [0.5, 0.6) is 0 Å². The van der Waals surface area contributed by atoms with Crippen molar-refractivity contribution in [2.45, 2.75) is 50.2 Å². The quantitative estimate of drug-likeness (QED) is 0.792. The van der Waals surface area contributed by atoms with Gasteiger partial charge in [0.25, 0.3) is 5.91 Å². The van der Waals surface area contributed by atoms with Crippen LogP contribution < -0.4 is 10.6 Å². The van der Waals surface area contributed by atoms with Crippen LogP contribution in [0.15, 0.2) is 18.2 Å². The number of amides is 2. The highest BCUT2D eigenvalue weighted by molar-refractivity contribution is 5.99. The molecule has 1 unspecified atom stereocenters. The van der Waals surface area contributed by atoms with E-state index in [-0.39, 0.29) is 25.2 Å². The van der Waals surface area contributed by atoms with Crippen molar-refractivity contribution in [1.82, 2.24) is 5.32 Å². The van der Waals surface area contributed by atoms with Gasteiger partial charge in [0.05, 0.1) is 12.5 Å². The fraction of sp³-hybridized carbons (Fsp3) is 0.500. The zero-order valence-corrected chi connectivity index (χ0v) is 12.7. The predicted octanol–water partition coefficient (Wildman–Crippen LogP) is 1.91. The molecule has 0 aromatic heterocycles. The summed E-state index contributed by atoms with van der Waals surface area (Å²) in [6.07, 6.45) is 0.573. The molecule has 3 N–H and O–H groups in total. The van der Waals surface area contributed by atoms with E-state index >= 15 is 0 Å². The lowest BCUT2D eigenvalue weighted by Crippen LogP contribution is -2.60. The van der Waals surface area contributed by atoms with Gasteiger partial charge in [0, 0.05) is 5.69 Å². The molecule has 0 radical (unpaired) electrons. The average molecular weight is 324 g/mol. The minimum Gasteiger partial charge on any atom is -0.383 e. The van der Waals surface area contributed by atoms with Gasteiger partial charge in [-0.3, -0.25) is 9.59 Å². The molecule has 5 nitrogen and oxygen atoms in total. The standard InChI is InChI=1S/C16H18F2N2O3/c1-9(10-3-4-12-11(7-10)8-13(21)20-12)19-14(22)16(17,18)15(23)5-2-6-15/h3-4,7,9,23H,2,5-6,8H2,1H3,(H,19,22)(H,20,21). The van der Waals surface area contributed by atoms with Crippen molar-refractivity contribution in [2.24, 2.45) is 0 Å². The molecule has 0 saturated heterocycles. The summed E-state index contributed by atoms with van der Waals surface area (Å²) in [6, 6.07) is 4.42. The third kappa shape index (κ3) is 2.59. The summed E-state index contributed by atoms with van der Waals surface area (Å²) in [5, 5.41) is 14.7. The highest BCUT2D eigenvalue weighted by Crippen LogP contribution is 2.44. The Hall–Kier alpha value is -2.02. The van der Waals surface area contributed by atoms with Crippen LogP contribution in [-0.2, 0) is 16.0 Å². The molecule has 23 heavy (non-hydrogen) atoms. The zero-order chi connectivity index (χ0) is 16.8. The summed E-state index contributed by atoms with van der Waals surface area (Å²) in [5.74, 6) is -5.40. The molecule has 0 bridgehead atoms. The molecule has 2 amide bonds. The van der Waals surface area contributed by atoms with Gasteiger partial charge >= 0.3 is 5.92 Å². The summed E-state index contributed by atoms with van der Waals surface area (Å²) in [5.41, 5.74) is -0.125. The van der Waals surface area contributed by atoms with Gasteiger partial charge in [-0.15, -0.1) is 0 Å². The van der Waals surface area contributed by atoms with Crippen LogP contribution in [0.4, 0.5) is 14.5 Å². The summed E-state index contributed by atoms with van der Waals surface area (Å²) >= 11 is 0. The Bertz CT molecular complexity index is 671. The Morgan fingerprint density at radius 3 is 2.74 bits per heavy atom. The molecule has 1 heterocycles. The van der Waals surface area contributed by atoms with Gasteiger partial charge in [0.2, 0.25) is 5.91 Å². The van der Waals surface area contributed by atoms with E-state index in [1.165, 1.54) is 0 Å². The van der Waals surface area contributed by atoms with Gasteiger partial charge in [-0.1, -0.05) is 12.1 Å². The molecule has 1 fully saturated rings. The number of carbonyl (C=O) groups excluding carboxylic acids is 2. The largest absolute Gasteiger partial charge is 0.383 e. The van der Waals surface area contributed by atoms with Crippen LogP contribution in [0.3, 0.4) is 0 Å². The van der Waals surface area contributed by atoms with Gasteiger partial charge in [-0.25, -0.2) is 0 Å². The predicted molar refractivity (Wildman–Crippen MR) is 79.1 cm³/mol. The molecular formula is C16H18F2N2O3. The second-order valence-electron chi connectivity index (χ2n) is 6.30. The Kier molecular flexibility index (Phi) is 3.63. The number of halogens is 2. The van der Waals surface area contributed by atoms with Crippen molar-refractivity contribution in [3.8, 4) is 0 Å². The summed E-state index contributed by atoms with van der Waals surface area (Å²) in [6.45, 7) is 1.59. The van der Waals surface area contributed by atoms with E-state index in [4.69, 9.17) is 0 Å². The smallest absolute Gasteiger partial charge is 0.352 e. The van der Waals surface area contributed by atoms with Crippen LogP contribution in [0.25, 0.3) is 0 Å².